The van der Waals surface area contributed by atoms with Crippen LogP contribution in [0.25, 0.3) is 0 Å². The maximum atomic E-state index is 12.6. The van der Waals surface area contributed by atoms with Crippen molar-refractivity contribution in [1.82, 2.24) is 15.4 Å². The van der Waals surface area contributed by atoms with Gasteiger partial charge in [0, 0.05) is 13.1 Å². The van der Waals surface area contributed by atoms with E-state index in [-0.39, 0.29) is 4.90 Å². The minimum Gasteiger partial charge on any atom is -0.357 e. The van der Waals surface area contributed by atoms with Crippen LogP contribution in [-0.4, -0.2) is 34.5 Å². The molecule has 0 bridgehead atoms. The van der Waals surface area contributed by atoms with Crippen LogP contribution in [-0.2, 0) is 29.2 Å². The van der Waals surface area contributed by atoms with Crippen molar-refractivity contribution in [2.75, 3.05) is 20.1 Å². The standard InChI is InChI=1S/C20H25F3N4O2S/c1-3-25-19(26-13-12-15-4-8-17(9-5-15)20(21,22)23)27-14-16-6-10-18(11-7-16)30(28,29)24-2/h4-11,24H,3,12-14H2,1-2H3,(H2,25,26,27). The van der Waals surface area contributed by atoms with Crippen LogP contribution in [0.4, 0.5) is 13.2 Å². The lowest BCUT2D eigenvalue weighted by Crippen LogP contribution is -2.38. The van der Waals surface area contributed by atoms with Crippen LogP contribution in [0, 0.1) is 0 Å². The maximum Gasteiger partial charge on any atom is 0.416 e. The Morgan fingerprint density at radius 2 is 1.57 bits per heavy atom. The number of halogens is 3. The summed E-state index contributed by atoms with van der Waals surface area (Å²) in [4.78, 5) is 4.63. The fraction of sp³-hybridized carbons (Fsp3) is 0.350. The van der Waals surface area contributed by atoms with Gasteiger partial charge in [0.2, 0.25) is 10.0 Å². The zero-order chi connectivity index (χ0) is 22.2. The van der Waals surface area contributed by atoms with Crippen LogP contribution in [0.15, 0.2) is 58.4 Å². The molecule has 0 amide bonds. The number of guanidine groups is 1. The summed E-state index contributed by atoms with van der Waals surface area (Å²) in [6, 6.07) is 11.5. The molecule has 2 aromatic rings. The van der Waals surface area contributed by atoms with Crippen LogP contribution >= 0.6 is 0 Å². The summed E-state index contributed by atoms with van der Waals surface area (Å²) in [6.07, 6.45) is -3.80. The van der Waals surface area contributed by atoms with Gasteiger partial charge in [0.05, 0.1) is 17.0 Å². The molecule has 10 heteroatoms. The first kappa shape index (κ1) is 23.7. The van der Waals surface area contributed by atoms with Crippen molar-refractivity contribution in [3.8, 4) is 0 Å². The number of nitrogens with zero attached hydrogens (tertiary/aromatic N) is 1. The van der Waals surface area contributed by atoms with Crippen molar-refractivity contribution in [1.29, 1.82) is 0 Å². The van der Waals surface area contributed by atoms with E-state index in [9.17, 15) is 21.6 Å². The molecule has 0 aromatic heterocycles. The first-order chi connectivity index (χ1) is 14.2. The van der Waals surface area contributed by atoms with E-state index in [1.165, 1.54) is 31.3 Å². The van der Waals surface area contributed by atoms with E-state index in [1.807, 2.05) is 6.92 Å². The average Bonchev–Trinajstić information content (AvgIpc) is 2.72. The van der Waals surface area contributed by atoms with Gasteiger partial charge >= 0.3 is 6.18 Å². The second-order valence-corrected chi connectivity index (χ2v) is 8.30. The Balaban J connectivity index is 1.93. The molecule has 0 fully saturated rings. The highest BCUT2D eigenvalue weighted by molar-refractivity contribution is 7.89. The van der Waals surface area contributed by atoms with E-state index in [2.05, 4.69) is 20.3 Å². The highest BCUT2D eigenvalue weighted by Gasteiger charge is 2.29. The lowest BCUT2D eigenvalue weighted by Gasteiger charge is -2.12. The van der Waals surface area contributed by atoms with Gasteiger partial charge in [0.1, 0.15) is 0 Å². The van der Waals surface area contributed by atoms with Crippen molar-refractivity contribution < 1.29 is 21.6 Å². The van der Waals surface area contributed by atoms with E-state index >= 15 is 0 Å². The van der Waals surface area contributed by atoms with Gasteiger partial charge in [0.25, 0.3) is 0 Å². The molecule has 2 aromatic carbocycles. The smallest absolute Gasteiger partial charge is 0.357 e. The van der Waals surface area contributed by atoms with Gasteiger partial charge in [0.15, 0.2) is 5.96 Å². The van der Waals surface area contributed by atoms with Gasteiger partial charge in [-0.2, -0.15) is 13.2 Å². The molecule has 6 nitrogen and oxygen atoms in total. The quantitative estimate of drug-likeness (QED) is 0.434. The number of sulfonamides is 1. The largest absolute Gasteiger partial charge is 0.416 e. The van der Waals surface area contributed by atoms with Gasteiger partial charge in [-0.1, -0.05) is 24.3 Å². The van der Waals surface area contributed by atoms with E-state index in [4.69, 9.17) is 0 Å². The van der Waals surface area contributed by atoms with Gasteiger partial charge < -0.3 is 10.6 Å². The van der Waals surface area contributed by atoms with Crippen molar-refractivity contribution in [2.45, 2.75) is 31.0 Å². The predicted octanol–water partition coefficient (Wildman–Crippen LogP) is 2.91. The van der Waals surface area contributed by atoms with Crippen LogP contribution in [0.5, 0.6) is 0 Å². The molecule has 0 saturated heterocycles. The van der Waals surface area contributed by atoms with E-state index in [0.717, 1.165) is 23.3 Å². The summed E-state index contributed by atoms with van der Waals surface area (Å²) in [6.45, 7) is 3.40. The van der Waals surface area contributed by atoms with Crippen LogP contribution < -0.4 is 15.4 Å². The zero-order valence-corrected chi connectivity index (χ0v) is 17.6. The Morgan fingerprint density at radius 3 is 2.10 bits per heavy atom. The number of hydrogen-bond acceptors (Lipinski definition) is 3. The van der Waals surface area contributed by atoms with Gasteiger partial charge in [-0.3, -0.25) is 0 Å². The Bertz CT molecular complexity index is 942. The minimum absolute atomic E-state index is 0.180. The van der Waals surface area contributed by atoms with Crippen LogP contribution in [0.2, 0.25) is 0 Å². The molecule has 0 atom stereocenters. The molecule has 164 valence electrons. The molecule has 0 unspecified atom stereocenters. The fourth-order valence-corrected chi connectivity index (χ4v) is 3.32. The number of nitrogens with one attached hydrogen (secondary N) is 3. The van der Waals surface area contributed by atoms with Gasteiger partial charge in [-0.05, 0) is 55.8 Å². The summed E-state index contributed by atoms with van der Waals surface area (Å²) >= 11 is 0. The fourth-order valence-electron chi connectivity index (χ4n) is 2.59. The van der Waals surface area contributed by atoms with Crippen LogP contribution in [0.3, 0.4) is 0 Å². The topological polar surface area (TPSA) is 82.6 Å². The highest BCUT2D eigenvalue weighted by Crippen LogP contribution is 2.29. The van der Waals surface area contributed by atoms with Crippen molar-refractivity contribution in [2.24, 2.45) is 4.99 Å². The zero-order valence-electron chi connectivity index (χ0n) is 16.8. The first-order valence-electron chi connectivity index (χ1n) is 9.36. The van der Waals surface area contributed by atoms with Crippen molar-refractivity contribution >= 4 is 16.0 Å². The molecule has 3 N–H and O–H groups in total. The molecule has 0 aliphatic carbocycles. The number of alkyl halides is 3. The Morgan fingerprint density at radius 1 is 0.967 bits per heavy atom. The van der Waals surface area contributed by atoms with Crippen LogP contribution in [0.1, 0.15) is 23.6 Å². The van der Waals surface area contributed by atoms with E-state index in [1.54, 1.807) is 12.1 Å². The predicted molar refractivity (Wildman–Crippen MR) is 111 cm³/mol. The third kappa shape index (κ3) is 7.03. The van der Waals surface area contributed by atoms with E-state index in [0.29, 0.717) is 32.0 Å². The Hall–Kier alpha value is -2.59. The molecule has 30 heavy (non-hydrogen) atoms. The number of rotatable bonds is 8. The molecule has 0 saturated carbocycles. The average molecular weight is 443 g/mol. The summed E-state index contributed by atoms with van der Waals surface area (Å²) < 4.78 is 63.6. The van der Waals surface area contributed by atoms with Crippen molar-refractivity contribution in [3.63, 3.8) is 0 Å². The second-order valence-electron chi connectivity index (χ2n) is 6.42. The summed E-state index contributed by atoms with van der Waals surface area (Å²) in [5, 5.41) is 6.24. The molecule has 2 rings (SSSR count). The Kier molecular flexibility index (Phi) is 8.24. The molecule has 0 heterocycles. The SMILES string of the molecule is CCNC(=NCc1ccc(S(=O)(=O)NC)cc1)NCCc1ccc(C(F)(F)F)cc1. The number of hydrogen-bond donors (Lipinski definition) is 3. The molecular weight excluding hydrogens is 417 g/mol. The Labute approximate surface area is 174 Å². The maximum absolute atomic E-state index is 12.6. The van der Waals surface area contributed by atoms with Gasteiger partial charge in [-0.25, -0.2) is 18.1 Å². The summed E-state index contributed by atoms with van der Waals surface area (Å²) in [5.74, 6) is 0.566. The lowest BCUT2D eigenvalue weighted by atomic mass is 10.1. The van der Waals surface area contributed by atoms with E-state index < -0.39 is 21.8 Å². The molecular formula is C20H25F3N4O2S. The molecule has 0 radical (unpaired) electrons. The third-order valence-corrected chi connectivity index (χ3v) is 5.68. The highest BCUT2D eigenvalue weighted by atomic mass is 32.2. The molecule has 0 aliphatic heterocycles. The minimum atomic E-state index is -4.34. The normalized spacial score (nSPS) is 12.6. The lowest BCUT2D eigenvalue weighted by molar-refractivity contribution is -0.137. The van der Waals surface area contributed by atoms with Crippen molar-refractivity contribution in [3.05, 3.63) is 65.2 Å². The molecule has 0 aliphatic rings. The first-order valence-corrected chi connectivity index (χ1v) is 10.8. The summed E-state index contributed by atoms with van der Waals surface area (Å²) in [7, 11) is -2.12. The monoisotopic (exact) mass is 442 g/mol. The number of benzene rings is 2. The van der Waals surface area contributed by atoms with Gasteiger partial charge in [-0.15, -0.1) is 0 Å². The molecule has 0 spiro atoms. The third-order valence-electron chi connectivity index (χ3n) is 4.25. The number of aliphatic imine (C=N–C) groups is 1. The second kappa shape index (κ2) is 10.4. The summed E-state index contributed by atoms with van der Waals surface area (Å²) in [5.41, 5.74) is 0.959.